The van der Waals surface area contributed by atoms with E-state index in [1.54, 1.807) is 12.1 Å². The third-order valence-electron chi connectivity index (χ3n) is 5.27. The highest BCUT2D eigenvalue weighted by molar-refractivity contribution is 7.93. The Kier molecular flexibility index (Phi) is 5.53. The van der Waals surface area contributed by atoms with E-state index in [2.05, 4.69) is 15.1 Å². The molecule has 176 valence electrons. The molecular formula is C24H17FN4O5S. The Morgan fingerprint density at radius 3 is 2.66 bits per heavy atom. The minimum atomic E-state index is -4.26. The number of halogens is 1. The van der Waals surface area contributed by atoms with Gasteiger partial charge >= 0.3 is 0 Å². The predicted molar refractivity (Wildman–Crippen MR) is 127 cm³/mol. The molecule has 0 spiro atoms. The second kappa shape index (κ2) is 8.69. The third-order valence-corrected chi connectivity index (χ3v) is 6.99. The van der Waals surface area contributed by atoms with E-state index in [4.69, 9.17) is 9.26 Å². The van der Waals surface area contributed by atoms with E-state index in [-0.39, 0.29) is 27.7 Å². The number of pyridine rings is 2. The van der Waals surface area contributed by atoms with Crippen LogP contribution in [0.15, 0.2) is 93.4 Å². The molecule has 3 heterocycles. The van der Waals surface area contributed by atoms with Crippen molar-refractivity contribution in [2.24, 2.45) is 0 Å². The fourth-order valence-corrected chi connectivity index (χ4v) is 5.10. The van der Waals surface area contributed by atoms with E-state index < -0.39 is 15.8 Å². The third kappa shape index (κ3) is 4.13. The summed E-state index contributed by atoms with van der Waals surface area (Å²) in [5, 5.41) is 4.34. The van der Waals surface area contributed by atoms with Crippen LogP contribution in [0.25, 0.3) is 22.2 Å². The number of rotatable bonds is 6. The SMILES string of the molecule is COc1cc(-c2cccc(F)c2)ncc1N(c1ccon1)S(=O)(=O)c1ccc2[nH]c(=O)ccc2c1. The number of methoxy groups -OCH3 is 1. The molecule has 1 N–H and O–H groups in total. The highest BCUT2D eigenvalue weighted by Crippen LogP contribution is 2.39. The fourth-order valence-electron chi connectivity index (χ4n) is 3.64. The van der Waals surface area contributed by atoms with Crippen LogP contribution in [0.5, 0.6) is 5.75 Å². The number of hydrogen-bond donors (Lipinski definition) is 1. The van der Waals surface area contributed by atoms with E-state index in [1.165, 1.54) is 74.2 Å². The van der Waals surface area contributed by atoms with Gasteiger partial charge in [0.05, 0.1) is 23.9 Å². The summed E-state index contributed by atoms with van der Waals surface area (Å²) in [6.07, 6.45) is 2.55. The molecule has 0 unspecified atom stereocenters. The van der Waals surface area contributed by atoms with Crippen LogP contribution in [0.1, 0.15) is 0 Å². The van der Waals surface area contributed by atoms with Crippen molar-refractivity contribution in [3.8, 4) is 17.0 Å². The first-order valence-corrected chi connectivity index (χ1v) is 11.7. The van der Waals surface area contributed by atoms with Crippen molar-refractivity contribution < 1.29 is 22.1 Å². The molecule has 0 aliphatic heterocycles. The van der Waals surface area contributed by atoms with Crippen molar-refractivity contribution in [2.75, 3.05) is 11.4 Å². The zero-order valence-electron chi connectivity index (χ0n) is 18.2. The molecule has 5 aromatic rings. The molecule has 35 heavy (non-hydrogen) atoms. The number of sulfonamides is 1. The van der Waals surface area contributed by atoms with Gasteiger partial charge in [0.25, 0.3) is 10.0 Å². The minimum Gasteiger partial charge on any atom is -0.494 e. The van der Waals surface area contributed by atoms with Crippen LogP contribution in [-0.2, 0) is 10.0 Å². The molecule has 0 aliphatic carbocycles. The summed E-state index contributed by atoms with van der Waals surface area (Å²) in [5.41, 5.74) is 1.14. The Balaban J connectivity index is 1.67. The number of fused-ring (bicyclic) bond motifs is 1. The Morgan fingerprint density at radius 2 is 1.91 bits per heavy atom. The number of H-pyrrole nitrogens is 1. The topological polar surface area (TPSA) is 118 Å². The second-order valence-corrected chi connectivity index (χ2v) is 9.24. The lowest BCUT2D eigenvalue weighted by Crippen LogP contribution is -2.27. The highest BCUT2D eigenvalue weighted by Gasteiger charge is 2.32. The van der Waals surface area contributed by atoms with Crippen molar-refractivity contribution in [1.82, 2.24) is 15.1 Å². The summed E-state index contributed by atoms with van der Waals surface area (Å²) in [6.45, 7) is 0. The molecule has 0 radical (unpaired) electrons. The van der Waals surface area contributed by atoms with Crippen LogP contribution in [0.2, 0.25) is 0 Å². The average Bonchev–Trinajstić information content (AvgIpc) is 3.38. The van der Waals surface area contributed by atoms with Crippen LogP contribution >= 0.6 is 0 Å². The van der Waals surface area contributed by atoms with E-state index in [9.17, 15) is 17.6 Å². The molecule has 0 atom stereocenters. The number of ether oxygens (including phenoxy) is 1. The van der Waals surface area contributed by atoms with E-state index in [0.717, 1.165) is 4.31 Å². The van der Waals surface area contributed by atoms with Crippen molar-refractivity contribution in [2.45, 2.75) is 4.90 Å². The van der Waals surface area contributed by atoms with Crippen molar-refractivity contribution in [3.05, 3.63) is 95.4 Å². The second-order valence-electron chi connectivity index (χ2n) is 7.45. The van der Waals surface area contributed by atoms with Crippen molar-refractivity contribution >= 4 is 32.4 Å². The molecule has 9 nitrogen and oxygen atoms in total. The first-order valence-electron chi connectivity index (χ1n) is 10.3. The number of benzene rings is 2. The number of hydrogen-bond acceptors (Lipinski definition) is 7. The first kappa shape index (κ1) is 22.3. The minimum absolute atomic E-state index is 0.0230. The lowest BCUT2D eigenvalue weighted by atomic mass is 10.1. The van der Waals surface area contributed by atoms with Gasteiger partial charge in [-0.15, -0.1) is 0 Å². The Hall–Kier alpha value is -4.51. The van der Waals surface area contributed by atoms with Crippen molar-refractivity contribution in [3.63, 3.8) is 0 Å². The first-order chi connectivity index (χ1) is 16.9. The molecule has 0 bridgehead atoms. The number of aromatic amines is 1. The number of nitrogens with one attached hydrogen (secondary N) is 1. The zero-order chi connectivity index (χ0) is 24.6. The number of anilines is 2. The monoisotopic (exact) mass is 492 g/mol. The molecule has 0 aliphatic rings. The van der Waals surface area contributed by atoms with Gasteiger partial charge in [-0.2, -0.15) is 0 Å². The lowest BCUT2D eigenvalue weighted by Gasteiger charge is -2.23. The van der Waals surface area contributed by atoms with Crippen LogP contribution in [0.3, 0.4) is 0 Å². The van der Waals surface area contributed by atoms with E-state index in [1.807, 2.05) is 0 Å². The molecule has 3 aromatic heterocycles. The molecule has 11 heteroatoms. The summed E-state index contributed by atoms with van der Waals surface area (Å²) >= 11 is 0. The van der Waals surface area contributed by atoms with Crippen molar-refractivity contribution in [1.29, 1.82) is 0 Å². The number of aromatic nitrogens is 3. The summed E-state index contributed by atoms with van der Waals surface area (Å²) in [5.74, 6) is -0.294. The van der Waals surface area contributed by atoms with E-state index >= 15 is 0 Å². The van der Waals surface area contributed by atoms with Crippen LogP contribution < -0.4 is 14.6 Å². The van der Waals surface area contributed by atoms with Gasteiger partial charge in [0.15, 0.2) is 5.82 Å². The smallest absolute Gasteiger partial charge is 0.270 e. The molecule has 0 amide bonds. The van der Waals surface area contributed by atoms with Gasteiger partial charge in [-0.25, -0.2) is 17.1 Å². The van der Waals surface area contributed by atoms with Crippen LogP contribution in [0.4, 0.5) is 15.9 Å². The lowest BCUT2D eigenvalue weighted by molar-refractivity contribution is 0.413. The van der Waals surface area contributed by atoms with Gasteiger partial charge < -0.3 is 14.2 Å². The Labute approximate surface area is 198 Å². The van der Waals surface area contributed by atoms with E-state index in [0.29, 0.717) is 22.2 Å². The molecule has 0 saturated carbocycles. The quantitative estimate of drug-likeness (QED) is 0.376. The van der Waals surface area contributed by atoms with Gasteiger partial charge in [-0.3, -0.25) is 9.78 Å². The summed E-state index contributed by atoms with van der Waals surface area (Å²) in [7, 11) is -2.87. The van der Waals surface area contributed by atoms with Gasteiger partial charge in [-0.1, -0.05) is 17.3 Å². The number of nitrogens with zero attached hydrogens (tertiary/aromatic N) is 3. The van der Waals surface area contributed by atoms with Gasteiger partial charge in [-0.05, 0) is 41.8 Å². The Bertz CT molecular complexity index is 1700. The summed E-state index contributed by atoms with van der Waals surface area (Å²) < 4.78 is 52.8. The van der Waals surface area contributed by atoms with Gasteiger partial charge in [0, 0.05) is 29.3 Å². The average molecular weight is 492 g/mol. The molecule has 0 fully saturated rings. The molecule has 2 aromatic carbocycles. The summed E-state index contributed by atoms with van der Waals surface area (Å²) in [6, 6.07) is 15.9. The maximum atomic E-state index is 13.8. The fraction of sp³-hybridized carbons (Fsp3) is 0.0417. The standard InChI is InChI=1S/C24H17FN4O5S/c1-33-22-13-20(15-3-2-4-17(25)11-15)26-14-21(22)29(23-9-10-34-28-23)35(31,32)18-6-7-19-16(12-18)5-8-24(30)27-19/h2-14H,1H3,(H,27,30). The van der Waals surface area contributed by atoms with Gasteiger partial charge in [0.1, 0.15) is 23.5 Å². The summed E-state index contributed by atoms with van der Waals surface area (Å²) in [4.78, 5) is 18.5. The highest BCUT2D eigenvalue weighted by atomic mass is 32.2. The van der Waals surface area contributed by atoms with Crippen LogP contribution in [-0.4, -0.2) is 30.7 Å². The normalized spacial score (nSPS) is 11.5. The van der Waals surface area contributed by atoms with Crippen LogP contribution in [0, 0.1) is 5.82 Å². The largest absolute Gasteiger partial charge is 0.494 e. The predicted octanol–water partition coefficient (Wildman–Crippen LogP) is 4.25. The zero-order valence-corrected chi connectivity index (χ0v) is 19.0. The molecule has 5 rings (SSSR count). The Morgan fingerprint density at radius 1 is 1.06 bits per heavy atom. The molecular weight excluding hydrogens is 475 g/mol. The molecule has 0 saturated heterocycles. The van der Waals surface area contributed by atoms with Gasteiger partial charge in [0.2, 0.25) is 5.56 Å². The maximum absolute atomic E-state index is 13.8. The maximum Gasteiger partial charge on any atom is 0.270 e.